The molecule has 0 spiro atoms. The SMILES string of the molecule is COOC(=O)C[C@@H]1NC(=O)[C@H](CO)NC(=O)[C@H](CCCN=C(N)N)NC(=O)[C@@H](N)CSSC[C@@H](C(N)=O)NC(=O)[C@H](CC(C)C)NC(=O)[C@H]([C@@H](C)O)NC1=O. The Kier molecular flexibility index (Phi) is 22.0. The lowest BCUT2D eigenvalue weighted by atomic mass is 10.0. The van der Waals surface area contributed by atoms with Gasteiger partial charge >= 0.3 is 5.97 Å². The quantitative estimate of drug-likeness (QED) is 0.0218. The normalized spacial score (nSPS) is 26.2. The molecule has 0 bridgehead atoms. The molecule has 0 aromatic rings. The lowest BCUT2D eigenvalue weighted by molar-refractivity contribution is -0.255. The molecule has 0 aromatic carbocycles. The summed E-state index contributed by atoms with van der Waals surface area (Å²) in [6, 6.07) is -10.5. The van der Waals surface area contributed by atoms with Crippen LogP contribution in [0.2, 0.25) is 0 Å². The first kappa shape index (κ1) is 48.6. The summed E-state index contributed by atoms with van der Waals surface area (Å²) in [5, 5.41) is 34.7. The predicted octanol–water partition coefficient (Wildman–Crippen LogP) is -5.93. The third-order valence-corrected chi connectivity index (χ3v) is 9.99. The maximum absolute atomic E-state index is 13.5. The second kappa shape index (κ2) is 24.9. The van der Waals surface area contributed by atoms with Gasteiger partial charge in [0.05, 0.1) is 32.3 Å². The number of aliphatic hydroxyl groups is 2. The van der Waals surface area contributed by atoms with Gasteiger partial charge < -0.3 is 65.0 Å². The van der Waals surface area contributed by atoms with E-state index in [0.717, 1.165) is 35.6 Å². The maximum Gasteiger partial charge on any atom is 0.344 e. The van der Waals surface area contributed by atoms with Gasteiger partial charge in [-0.15, -0.1) is 0 Å². The average molecular weight is 824 g/mol. The van der Waals surface area contributed by atoms with Crippen molar-refractivity contribution in [1.82, 2.24) is 31.9 Å². The van der Waals surface area contributed by atoms with Crippen LogP contribution in [0.25, 0.3) is 0 Å². The Hall–Kier alpha value is -4.43. The lowest BCUT2D eigenvalue weighted by Gasteiger charge is -2.28. The van der Waals surface area contributed by atoms with Crippen LogP contribution in [0.3, 0.4) is 0 Å². The molecule has 1 heterocycles. The number of aliphatic imine (C=N–C) groups is 1. The average Bonchev–Trinajstić information content (AvgIpc) is 3.09. The fourth-order valence-electron chi connectivity index (χ4n) is 4.70. The van der Waals surface area contributed by atoms with Crippen LogP contribution in [0.15, 0.2) is 4.99 Å². The van der Waals surface area contributed by atoms with Gasteiger partial charge in [0.25, 0.3) is 0 Å². The molecule has 1 aliphatic rings. The molecule has 0 aliphatic carbocycles. The van der Waals surface area contributed by atoms with E-state index < -0.39 is 109 Å². The molecule has 312 valence electrons. The van der Waals surface area contributed by atoms with Crippen molar-refractivity contribution in [2.45, 2.75) is 94.9 Å². The molecule has 7 amide bonds. The molecular weight excluding hydrogens is 771 g/mol. The number of primary amides is 1. The maximum atomic E-state index is 13.5. The van der Waals surface area contributed by atoms with Crippen molar-refractivity contribution >= 4 is 74.9 Å². The fourth-order valence-corrected chi connectivity index (χ4v) is 7.00. The molecule has 55 heavy (non-hydrogen) atoms. The van der Waals surface area contributed by atoms with E-state index in [1.807, 2.05) is 0 Å². The Morgan fingerprint density at radius 3 is 1.91 bits per heavy atom. The van der Waals surface area contributed by atoms with Crippen molar-refractivity contribution in [3.8, 4) is 0 Å². The number of amides is 7. The lowest BCUT2D eigenvalue weighted by Crippen LogP contribution is -2.62. The Bertz CT molecular complexity index is 1390. The number of rotatable bonds is 12. The third-order valence-electron chi connectivity index (χ3n) is 7.54. The topological polar surface area (TPSA) is 384 Å². The van der Waals surface area contributed by atoms with Crippen LogP contribution >= 0.6 is 21.6 Å². The van der Waals surface area contributed by atoms with E-state index in [9.17, 15) is 48.6 Å². The van der Waals surface area contributed by atoms with E-state index in [1.54, 1.807) is 13.8 Å². The zero-order valence-corrected chi connectivity index (χ0v) is 32.5. The summed E-state index contributed by atoms with van der Waals surface area (Å²) in [5.74, 6) is -8.62. The fraction of sp³-hybridized carbons (Fsp3) is 0.700. The Morgan fingerprint density at radius 2 is 1.35 bits per heavy atom. The van der Waals surface area contributed by atoms with Crippen molar-refractivity contribution in [2.24, 2.45) is 33.8 Å². The highest BCUT2D eigenvalue weighted by atomic mass is 33.1. The number of nitrogens with two attached hydrogens (primary N) is 4. The van der Waals surface area contributed by atoms with Gasteiger partial charge in [-0.05, 0) is 32.1 Å². The van der Waals surface area contributed by atoms with Crippen molar-refractivity contribution in [2.75, 3.05) is 31.8 Å². The molecule has 25 heteroatoms. The number of carbonyl (C=O) groups excluding carboxylic acids is 8. The highest BCUT2D eigenvalue weighted by Crippen LogP contribution is 2.23. The number of nitrogens with one attached hydrogen (secondary N) is 6. The number of aliphatic hydroxyl groups excluding tert-OH is 2. The molecule has 1 aliphatic heterocycles. The standard InChI is InChI=1S/C30H53N11O12S2/c1-13(2)8-17-26(48)40-20(23(32)45)12-55-54-11-15(31)24(46)36-16(6-5-7-35-30(33)34)25(47)39-19(10-42)28(50)37-18(9-21(44)53-52-4)27(49)41-22(14(3)43)29(51)38-17/h13-20,22,42-43H,5-12,31H2,1-4H3,(H2,32,45)(H,36,46)(H,37,50)(H,38,51)(H,39,47)(H,40,48)(H,41,49)(H4,33,34,35)/t14-,15+,16+,17+,18+,19+,20+,22+/m1/s1. The Balaban J connectivity index is 3.63. The molecule has 0 radical (unpaired) electrons. The van der Waals surface area contributed by atoms with Gasteiger partial charge in [-0.2, -0.15) is 4.89 Å². The molecule has 1 fully saturated rings. The molecule has 1 rings (SSSR count). The third kappa shape index (κ3) is 18.2. The van der Waals surface area contributed by atoms with Gasteiger partial charge in [0.15, 0.2) is 5.96 Å². The van der Waals surface area contributed by atoms with E-state index in [1.165, 1.54) is 0 Å². The molecule has 0 saturated carbocycles. The van der Waals surface area contributed by atoms with Crippen LogP contribution in [0.1, 0.15) is 46.5 Å². The Morgan fingerprint density at radius 1 is 0.800 bits per heavy atom. The minimum absolute atomic E-state index is 0.0410. The van der Waals surface area contributed by atoms with Gasteiger partial charge in [-0.3, -0.25) is 43.4 Å². The molecule has 8 atom stereocenters. The number of guanidine groups is 1. The van der Waals surface area contributed by atoms with Crippen molar-refractivity contribution in [3.05, 3.63) is 0 Å². The number of hydrogen-bond donors (Lipinski definition) is 12. The van der Waals surface area contributed by atoms with Crippen LogP contribution in [-0.2, 0) is 48.1 Å². The van der Waals surface area contributed by atoms with Crippen molar-refractivity contribution in [3.63, 3.8) is 0 Å². The van der Waals surface area contributed by atoms with E-state index in [2.05, 4.69) is 46.7 Å². The Labute approximate surface area is 325 Å². The molecule has 1 saturated heterocycles. The first-order valence-corrected chi connectivity index (χ1v) is 19.5. The number of carbonyl (C=O) groups is 8. The predicted molar refractivity (Wildman–Crippen MR) is 200 cm³/mol. The van der Waals surface area contributed by atoms with Crippen LogP contribution in [0, 0.1) is 5.92 Å². The van der Waals surface area contributed by atoms with E-state index in [4.69, 9.17) is 22.9 Å². The molecule has 0 unspecified atom stereocenters. The minimum Gasteiger partial charge on any atom is -0.394 e. The molecule has 16 N–H and O–H groups in total. The highest BCUT2D eigenvalue weighted by molar-refractivity contribution is 8.76. The van der Waals surface area contributed by atoms with Crippen LogP contribution in [0.4, 0.5) is 0 Å². The zero-order valence-electron chi connectivity index (χ0n) is 30.9. The number of hydrogen-bond acceptors (Lipinski definition) is 16. The summed E-state index contributed by atoms with van der Waals surface area (Å²) in [4.78, 5) is 117. The summed E-state index contributed by atoms with van der Waals surface area (Å²) in [6.45, 7) is 3.67. The van der Waals surface area contributed by atoms with E-state index in [-0.39, 0.29) is 49.2 Å². The second-order valence-corrected chi connectivity index (χ2v) is 15.2. The van der Waals surface area contributed by atoms with Gasteiger partial charge in [0, 0.05) is 18.1 Å². The number of nitrogens with zero attached hydrogens (tertiary/aromatic N) is 1. The van der Waals surface area contributed by atoms with Gasteiger partial charge in [-0.25, -0.2) is 4.79 Å². The second-order valence-electron chi connectivity index (χ2n) is 12.7. The van der Waals surface area contributed by atoms with Gasteiger partial charge in [0.1, 0.15) is 36.3 Å². The smallest absolute Gasteiger partial charge is 0.344 e. The first-order valence-electron chi connectivity index (χ1n) is 17.0. The van der Waals surface area contributed by atoms with Crippen LogP contribution in [-0.4, -0.2) is 144 Å². The van der Waals surface area contributed by atoms with Gasteiger partial charge in [0.2, 0.25) is 41.4 Å². The van der Waals surface area contributed by atoms with E-state index >= 15 is 0 Å². The van der Waals surface area contributed by atoms with Crippen LogP contribution < -0.4 is 54.8 Å². The molecular formula is C30H53N11O12S2. The van der Waals surface area contributed by atoms with E-state index in [0.29, 0.717) is 0 Å². The zero-order chi connectivity index (χ0) is 41.8. The summed E-state index contributed by atoms with van der Waals surface area (Å²) in [7, 11) is 3.10. The van der Waals surface area contributed by atoms with Crippen LogP contribution in [0.5, 0.6) is 0 Å². The van der Waals surface area contributed by atoms with Crippen molar-refractivity contribution in [1.29, 1.82) is 0 Å². The summed E-state index contributed by atoms with van der Waals surface area (Å²) in [6.07, 6.45) is -2.38. The van der Waals surface area contributed by atoms with Crippen molar-refractivity contribution < 1.29 is 58.3 Å². The largest absolute Gasteiger partial charge is 0.394 e. The highest BCUT2D eigenvalue weighted by Gasteiger charge is 2.36. The minimum atomic E-state index is -1.86. The summed E-state index contributed by atoms with van der Waals surface area (Å²) < 4.78 is 0. The first-order chi connectivity index (χ1) is 25.8. The molecule has 0 aromatic heterocycles. The van der Waals surface area contributed by atoms with Gasteiger partial charge in [-0.1, -0.05) is 35.4 Å². The summed E-state index contributed by atoms with van der Waals surface area (Å²) >= 11 is 0. The summed E-state index contributed by atoms with van der Waals surface area (Å²) in [5.41, 5.74) is 22.3. The molecule has 23 nitrogen and oxygen atoms in total. The monoisotopic (exact) mass is 823 g/mol.